The summed E-state index contributed by atoms with van der Waals surface area (Å²) in [5.41, 5.74) is 0.988. The topological polar surface area (TPSA) is 109 Å². The molecule has 2 rings (SSSR count). The molecule has 0 saturated heterocycles. The highest BCUT2D eigenvalue weighted by molar-refractivity contribution is 14.0. The maximum atomic E-state index is 10.7. The molecule has 1 aromatic carbocycles. The van der Waals surface area contributed by atoms with Gasteiger partial charge in [-0.1, -0.05) is 12.1 Å². The number of nitrogens with one attached hydrogen (secondary N) is 2. The molecule has 1 aliphatic carbocycles. The molecule has 1 aliphatic rings. The molecule has 3 N–H and O–H groups in total. The molecule has 152 valence electrons. The van der Waals surface area contributed by atoms with Crippen LogP contribution in [0.15, 0.2) is 29.3 Å². The van der Waals surface area contributed by atoms with Crippen LogP contribution in [-0.4, -0.2) is 48.4 Å². The lowest BCUT2D eigenvalue weighted by atomic mass is 9.93. The molecule has 1 fully saturated rings. The zero-order valence-electron chi connectivity index (χ0n) is 15.6. The van der Waals surface area contributed by atoms with E-state index in [-0.39, 0.29) is 35.8 Å². The van der Waals surface area contributed by atoms with E-state index in [2.05, 4.69) is 15.6 Å². The summed E-state index contributed by atoms with van der Waals surface area (Å²) in [6, 6.07) is 6.73. The lowest BCUT2D eigenvalue weighted by molar-refractivity contribution is -0.384. The van der Waals surface area contributed by atoms with Gasteiger partial charge in [-0.3, -0.25) is 10.1 Å². The van der Waals surface area contributed by atoms with Gasteiger partial charge in [0.2, 0.25) is 0 Å². The molecule has 0 amide bonds. The number of benzene rings is 1. The number of nitro benzene ring substituents is 1. The maximum Gasteiger partial charge on any atom is 0.269 e. The molecule has 9 heteroatoms. The third kappa shape index (κ3) is 8.85. The predicted octanol–water partition coefficient (Wildman–Crippen LogP) is 2.59. The van der Waals surface area contributed by atoms with E-state index in [1.54, 1.807) is 19.2 Å². The maximum absolute atomic E-state index is 10.7. The number of nitro groups is 1. The molecule has 8 nitrogen and oxygen atoms in total. The fraction of sp³-hybridized carbons (Fsp3) is 0.611. The van der Waals surface area contributed by atoms with Gasteiger partial charge >= 0.3 is 0 Å². The summed E-state index contributed by atoms with van der Waals surface area (Å²) in [4.78, 5) is 14.9. The standard InChI is InChI=1S/C18H28N4O4.HI/c1-26-12-2-11-19-18(21-15-5-9-17(23)10-6-15)20-13-14-3-7-16(8-4-14)22(24)25;/h3-4,7-8,15,17,23H,2,5-6,9-13H2,1H3,(H2,19,20,21);1H. The van der Waals surface area contributed by atoms with Crippen LogP contribution in [0.3, 0.4) is 0 Å². The number of aliphatic hydroxyl groups is 1. The van der Waals surface area contributed by atoms with Crippen LogP contribution in [0.4, 0.5) is 5.69 Å². The molecule has 0 aliphatic heterocycles. The van der Waals surface area contributed by atoms with E-state index in [9.17, 15) is 15.2 Å². The highest BCUT2D eigenvalue weighted by atomic mass is 127. The number of methoxy groups -OCH3 is 1. The average molecular weight is 492 g/mol. The molecular formula is C18H29IN4O4. The number of hydrogen-bond acceptors (Lipinski definition) is 5. The third-order valence-electron chi connectivity index (χ3n) is 4.42. The largest absolute Gasteiger partial charge is 0.393 e. The van der Waals surface area contributed by atoms with Crippen LogP contribution in [0.5, 0.6) is 0 Å². The predicted molar refractivity (Wildman–Crippen MR) is 116 cm³/mol. The monoisotopic (exact) mass is 492 g/mol. The Morgan fingerprint density at radius 3 is 2.56 bits per heavy atom. The molecular weight excluding hydrogens is 463 g/mol. The van der Waals surface area contributed by atoms with E-state index in [1.807, 2.05) is 0 Å². The summed E-state index contributed by atoms with van der Waals surface area (Å²) in [7, 11) is 1.68. The Labute approximate surface area is 177 Å². The Hall–Kier alpha value is -1.46. The Balaban J connectivity index is 0.00000364. The molecule has 0 bridgehead atoms. The van der Waals surface area contributed by atoms with Gasteiger partial charge in [0.05, 0.1) is 17.6 Å². The first-order chi connectivity index (χ1) is 12.6. The minimum atomic E-state index is -0.408. The minimum absolute atomic E-state index is 0. The summed E-state index contributed by atoms with van der Waals surface area (Å²) >= 11 is 0. The van der Waals surface area contributed by atoms with Gasteiger partial charge in [-0.2, -0.15) is 0 Å². The molecule has 0 aromatic heterocycles. The van der Waals surface area contributed by atoms with Crippen LogP contribution >= 0.6 is 24.0 Å². The van der Waals surface area contributed by atoms with Crippen LogP contribution in [0.2, 0.25) is 0 Å². The Kier molecular flexibility index (Phi) is 11.2. The van der Waals surface area contributed by atoms with E-state index < -0.39 is 4.92 Å². The number of ether oxygens (including phenoxy) is 1. The number of nitrogens with zero attached hydrogens (tertiary/aromatic N) is 2. The van der Waals surface area contributed by atoms with Crippen LogP contribution in [0.25, 0.3) is 0 Å². The first kappa shape index (κ1) is 23.6. The minimum Gasteiger partial charge on any atom is -0.393 e. The molecule has 0 spiro atoms. The summed E-state index contributed by atoms with van der Waals surface area (Å²) in [6.45, 7) is 1.86. The first-order valence-corrected chi connectivity index (χ1v) is 9.03. The van der Waals surface area contributed by atoms with Crippen LogP contribution < -0.4 is 10.6 Å². The van der Waals surface area contributed by atoms with Crippen molar-refractivity contribution in [2.45, 2.75) is 50.8 Å². The van der Waals surface area contributed by atoms with E-state index in [1.165, 1.54) is 12.1 Å². The summed E-state index contributed by atoms with van der Waals surface area (Å²) in [6.07, 6.45) is 4.12. The van der Waals surface area contributed by atoms with Crippen molar-refractivity contribution in [2.24, 2.45) is 4.99 Å². The zero-order chi connectivity index (χ0) is 18.8. The molecule has 0 atom stereocenters. The highest BCUT2D eigenvalue weighted by Crippen LogP contribution is 2.18. The second kappa shape index (κ2) is 12.8. The van der Waals surface area contributed by atoms with Crippen molar-refractivity contribution in [1.82, 2.24) is 10.6 Å². The van der Waals surface area contributed by atoms with Gasteiger partial charge in [0, 0.05) is 38.4 Å². The Morgan fingerprint density at radius 2 is 1.96 bits per heavy atom. The second-order valence-corrected chi connectivity index (χ2v) is 6.51. The quantitative estimate of drug-likeness (QED) is 0.129. The highest BCUT2D eigenvalue weighted by Gasteiger charge is 2.20. The normalized spacial score (nSPS) is 19.9. The second-order valence-electron chi connectivity index (χ2n) is 6.51. The van der Waals surface area contributed by atoms with E-state index >= 15 is 0 Å². The fourth-order valence-corrected chi connectivity index (χ4v) is 2.88. The number of guanidine groups is 1. The summed E-state index contributed by atoms with van der Waals surface area (Å²) in [5, 5.41) is 27.1. The van der Waals surface area contributed by atoms with Crippen molar-refractivity contribution in [3.8, 4) is 0 Å². The van der Waals surface area contributed by atoms with E-state index in [0.29, 0.717) is 19.2 Å². The van der Waals surface area contributed by atoms with Crippen molar-refractivity contribution in [2.75, 3.05) is 20.3 Å². The smallest absolute Gasteiger partial charge is 0.269 e. The zero-order valence-corrected chi connectivity index (χ0v) is 17.9. The van der Waals surface area contributed by atoms with Crippen molar-refractivity contribution >= 4 is 35.6 Å². The number of rotatable bonds is 8. The number of non-ortho nitro benzene ring substituents is 1. The lowest BCUT2D eigenvalue weighted by Gasteiger charge is -2.27. The van der Waals surface area contributed by atoms with E-state index in [4.69, 9.17) is 4.74 Å². The van der Waals surface area contributed by atoms with Gasteiger partial charge in [-0.25, -0.2) is 4.99 Å². The fourth-order valence-electron chi connectivity index (χ4n) is 2.88. The van der Waals surface area contributed by atoms with Gasteiger partial charge in [0.25, 0.3) is 5.69 Å². The lowest BCUT2D eigenvalue weighted by Crippen LogP contribution is -2.45. The number of aliphatic hydroxyl groups excluding tert-OH is 1. The number of hydrogen-bond donors (Lipinski definition) is 3. The Bertz CT molecular complexity index is 590. The Morgan fingerprint density at radius 1 is 1.30 bits per heavy atom. The van der Waals surface area contributed by atoms with Crippen LogP contribution in [0.1, 0.15) is 37.7 Å². The number of aliphatic imine (C=N–C) groups is 1. The molecule has 1 saturated carbocycles. The van der Waals surface area contributed by atoms with Crippen LogP contribution in [-0.2, 0) is 11.3 Å². The molecule has 1 aromatic rings. The van der Waals surface area contributed by atoms with Gasteiger partial charge in [0.15, 0.2) is 5.96 Å². The SMILES string of the molecule is COCCCNC(=NCc1ccc([N+](=O)[O-])cc1)NC1CCC(O)CC1.I. The third-order valence-corrected chi connectivity index (χ3v) is 4.42. The summed E-state index contributed by atoms with van der Waals surface area (Å²) in [5.74, 6) is 0.723. The molecule has 0 heterocycles. The average Bonchev–Trinajstić information content (AvgIpc) is 2.65. The molecule has 0 unspecified atom stereocenters. The summed E-state index contributed by atoms with van der Waals surface area (Å²) < 4.78 is 5.06. The number of halogens is 1. The van der Waals surface area contributed by atoms with Gasteiger partial charge < -0.3 is 20.5 Å². The van der Waals surface area contributed by atoms with Crippen molar-refractivity contribution < 1.29 is 14.8 Å². The van der Waals surface area contributed by atoms with Crippen LogP contribution in [0, 0.1) is 10.1 Å². The van der Waals surface area contributed by atoms with Gasteiger partial charge in [0.1, 0.15) is 0 Å². The van der Waals surface area contributed by atoms with Crippen molar-refractivity contribution in [1.29, 1.82) is 0 Å². The van der Waals surface area contributed by atoms with Crippen molar-refractivity contribution in [3.63, 3.8) is 0 Å². The first-order valence-electron chi connectivity index (χ1n) is 9.03. The molecule has 0 radical (unpaired) electrons. The van der Waals surface area contributed by atoms with Gasteiger partial charge in [-0.05, 0) is 37.7 Å². The van der Waals surface area contributed by atoms with E-state index in [0.717, 1.165) is 50.2 Å². The van der Waals surface area contributed by atoms with Gasteiger partial charge in [-0.15, -0.1) is 24.0 Å². The molecule has 27 heavy (non-hydrogen) atoms. The van der Waals surface area contributed by atoms with Crippen molar-refractivity contribution in [3.05, 3.63) is 39.9 Å².